The molecule has 1 aromatic carbocycles. The standard InChI is InChI=1S/C15H11N5O3/c1-22-14-7-10(19-20-11(8-16)9-17)4-5-12(14)18-15(21)13-3-2-6-23-13/h2-7,19H,1H3,(H,18,21). The number of methoxy groups -OCH3 is 1. The van der Waals surface area contributed by atoms with Gasteiger partial charge < -0.3 is 14.5 Å². The van der Waals surface area contributed by atoms with Gasteiger partial charge in [0.05, 0.1) is 24.7 Å². The largest absolute Gasteiger partial charge is 0.494 e. The fraction of sp³-hybridized carbons (Fsp3) is 0.0667. The molecule has 2 rings (SSSR count). The molecule has 0 aliphatic rings. The molecular weight excluding hydrogens is 298 g/mol. The van der Waals surface area contributed by atoms with Gasteiger partial charge in [0.15, 0.2) is 5.76 Å². The Morgan fingerprint density at radius 1 is 1.30 bits per heavy atom. The van der Waals surface area contributed by atoms with Gasteiger partial charge in [0.25, 0.3) is 5.91 Å². The number of anilines is 2. The number of hydrogen-bond donors (Lipinski definition) is 2. The van der Waals surface area contributed by atoms with E-state index in [1.165, 1.54) is 19.4 Å². The number of rotatable bonds is 5. The smallest absolute Gasteiger partial charge is 0.291 e. The Morgan fingerprint density at radius 3 is 2.70 bits per heavy atom. The second-order valence-electron chi connectivity index (χ2n) is 4.14. The molecule has 0 aliphatic heterocycles. The highest BCUT2D eigenvalue weighted by atomic mass is 16.5. The second-order valence-corrected chi connectivity index (χ2v) is 4.14. The molecule has 1 aromatic heterocycles. The molecule has 0 spiro atoms. The predicted octanol–water partition coefficient (Wildman–Crippen LogP) is 2.36. The Labute approximate surface area is 131 Å². The van der Waals surface area contributed by atoms with E-state index in [0.717, 1.165) is 0 Å². The minimum Gasteiger partial charge on any atom is -0.494 e. The molecule has 8 nitrogen and oxygen atoms in total. The molecule has 0 fully saturated rings. The van der Waals surface area contributed by atoms with E-state index < -0.39 is 5.91 Å². The molecule has 8 heteroatoms. The molecule has 0 bridgehead atoms. The van der Waals surface area contributed by atoms with Crippen molar-refractivity contribution in [2.45, 2.75) is 0 Å². The van der Waals surface area contributed by atoms with Crippen LogP contribution in [0.1, 0.15) is 10.6 Å². The maximum Gasteiger partial charge on any atom is 0.291 e. The number of benzene rings is 1. The molecule has 1 heterocycles. The lowest BCUT2D eigenvalue weighted by Crippen LogP contribution is -2.11. The van der Waals surface area contributed by atoms with Crippen molar-refractivity contribution in [2.75, 3.05) is 17.9 Å². The number of ether oxygens (including phenoxy) is 1. The first-order chi connectivity index (χ1) is 11.2. The minimum absolute atomic E-state index is 0.173. The van der Waals surface area contributed by atoms with Gasteiger partial charge in [-0.2, -0.15) is 15.6 Å². The summed E-state index contributed by atoms with van der Waals surface area (Å²) in [5.41, 5.74) is 3.18. The number of hydrazone groups is 1. The van der Waals surface area contributed by atoms with E-state index in [9.17, 15) is 4.79 Å². The third-order valence-electron chi connectivity index (χ3n) is 2.70. The summed E-state index contributed by atoms with van der Waals surface area (Å²) >= 11 is 0. The van der Waals surface area contributed by atoms with Crippen LogP contribution in [-0.2, 0) is 0 Å². The van der Waals surface area contributed by atoms with Crippen LogP contribution < -0.4 is 15.5 Å². The van der Waals surface area contributed by atoms with Crippen LogP contribution in [0.25, 0.3) is 0 Å². The lowest BCUT2D eigenvalue weighted by atomic mass is 10.2. The van der Waals surface area contributed by atoms with Gasteiger partial charge in [0.2, 0.25) is 5.71 Å². The average molecular weight is 309 g/mol. The van der Waals surface area contributed by atoms with Crippen molar-refractivity contribution in [3.8, 4) is 17.9 Å². The number of carbonyl (C=O) groups excluding carboxylic acids is 1. The number of amides is 1. The molecule has 2 aromatic rings. The maximum absolute atomic E-state index is 12.0. The average Bonchev–Trinajstić information content (AvgIpc) is 3.11. The van der Waals surface area contributed by atoms with Gasteiger partial charge in [-0.1, -0.05) is 0 Å². The quantitative estimate of drug-likeness (QED) is 0.645. The SMILES string of the molecule is COc1cc(NN=C(C#N)C#N)ccc1NC(=O)c1ccco1. The summed E-state index contributed by atoms with van der Waals surface area (Å²) in [5.74, 6) is 0.135. The highest BCUT2D eigenvalue weighted by Gasteiger charge is 2.12. The summed E-state index contributed by atoms with van der Waals surface area (Å²) in [6.45, 7) is 0. The third-order valence-corrected chi connectivity index (χ3v) is 2.70. The van der Waals surface area contributed by atoms with E-state index in [1.807, 2.05) is 0 Å². The second kappa shape index (κ2) is 7.29. The van der Waals surface area contributed by atoms with E-state index in [0.29, 0.717) is 17.1 Å². The van der Waals surface area contributed by atoms with Crippen LogP contribution >= 0.6 is 0 Å². The Hall–Kier alpha value is -3.78. The van der Waals surface area contributed by atoms with Crippen LogP contribution in [0, 0.1) is 22.7 Å². The Balaban J connectivity index is 2.17. The van der Waals surface area contributed by atoms with E-state index in [1.54, 1.807) is 36.4 Å². The Morgan fingerprint density at radius 2 is 2.09 bits per heavy atom. The van der Waals surface area contributed by atoms with Crippen LogP contribution in [0.5, 0.6) is 5.75 Å². The maximum atomic E-state index is 12.0. The van der Waals surface area contributed by atoms with Crippen LogP contribution in [0.15, 0.2) is 46.1 Å². The van der Waals surface area contributed by atoms with Crippen molar-refractivity contribution in [2.24, 2.45) is 5.10 Å². The topological polar surface area (TPSA) is 123 Å². The van der Waals surface area contributed by atoms with Crippen molar-refractivity contribution in [3.63, 3.8) is 0 Å². The van der Waals surface area contributed by atoms with Crippen LogP contribution in [0.3, 0.4) is 0 Å². The molecule has 0 aliphatic carbocycles. The van der Waals surface area contributed by atoms with E-state index in [2.05, 4.69) is 15.8 Å². The van der Waals surface area contributed by atoms with Gasteiger partial charge in [-0.05, 0) is 24.3 Å². The third kappa shape index (κ3) is 3.86. The molecule has 1 amide bonds. The van der Waals surface area contributed by atoms with E-state index in [4.69, 9.17) is 19.7 Å². The highest BCUT2D eigenvalue weighted by Crippen LogP contribution is 2.28. The molecule has 0 atom stereocenters. The fourth-order valence-electron chi connectivity index (χ4n) is 1.65. The van der Waals surface area contributed by atoms with E-state index in [-0.39, 0.29) is 11.5 Å². The first-order valence-electron chi connectivity index (χ1n) is 6.34. The van der Waals surface area contributed by atoms with Crippen LogP contribution in [0.4, 0.5) is 11.4 Å². The first kappa shape index (κ1) is 15.6. The lowest BCUT2D eigenvalue weighted by Gasteiger charge is -2.11. The van der Waals surface area contributed by atoms with Crippen molar-refractivity contribution in [1.82, 2.24) is 0 Å². The molecule has 0 radical (unpaired) electrons. The summed E-state index contributed by atoms with van der Waals surface area (Å²) in [5, 5.41) is 23.5. The monoisotopic (exact) mass is 309 g/mol. The zero-order chi connectivity index (χ0) is 16.7. The zero-order valence-corrected chi connectivity index (χ0v) is 12.0. The van der Waals surface area contributed by atoms with Crippen molar-refractivity contribution in [3.05, 3.63) is 42.4 Å². The fourth-order valence-corrected chi connectivity index (χ4v) is 1.65. The number of nitrogens with one attached hydrogen (secondary N) is 2. The molecule has 23 heavy (non-hydrogen) atoms. The molecular formula is C15H11N5O3. The minimum atomic E-state index is -0.414. The van der Waals surface area contributed by atoms with Crippen LogP contribution in [0.2, 0.25) is 0 Å². The molecule has 0 saturated carbocycles. The van der Waals surface area contributed by atoms with Crippen molar-refractivity contribution in [1.29, 1.82) is 10.5 Å². The van der Waals surface area contributed by atoms with Gasteiger partial charge in [-0.15, -0.1) is 0 Å². The number of nitrogens with zero attached hydrogens (tertiary/aromatic N) is 3. The lowest BCUT2D eigenvalue weighted by molar-refractivity contribution is 0.0996. The summed E-state index contributed by atoms with van der Waals surface area (Å²) in [7, 11) is 1.45. The highest BCUT2D eigenvalue weighted by molar-refractivity contribution is 6.10. The Bertz CT molecular complexity index is 797. The van der Waals surface area contributed by atoms with Gasteiger partial charge >= 0.3 is 0 Å². The van der Waals surface area contributed by atoms with Crippen molar-refractivity contribution < 1.29 is 13.9 Å². The summed E-state index contributed by atoms with van der Waals surface area (Å²) in [4.78, 5) is 12.0. The Kier molecular flexibility index (Phi) is 4.95. The normalized spacial score (nSPS) is 9.17. The molecule has 114 valence electrons. The number of hydrogen-bond acceptors (Lipinski definition) is 7. The molecule has 2 N–H and O–H groups in total. The summed E-state index contributed by atoms with van der Waals surface area (Å²) in [6, 6.07) is 11.2. The van der Waals surface area contributed by atoms with E-state index >= 15 is 0 Å². The van der Waals surface area contributed by atoms with Gasteiger partial charge in [-0.3, -0.25) is 10.2 Å². The molecule has 0 unspecified atom stereocenters. The number of nitriles is 2. The zero-order valence-electron chi connectivity index (χ0n) is 12.0. The first-order valence-corrected chi connectivity index (χ1v) is 6.34. The number of furan rings is 1. The van der Waals surface area contributed by atoms with Crippen LogP contribution in [-0.4, -0.2) is 18.7 Å². The number of carbonyl (C=O) groups is 1. The van der Waals surface area contributed by atoms with Gasteiger partial charge in [-0.25, -0.2) is 0 Å². The van der Waals surface area contributed by atoms with Crippen molar-refractivity contribution >= 4 is 23.0 Å². The molecule has 0 saturated heterocycles. The van der Waals surface area contributed by atoms with Gasteiger partial charge in [0.1, 0.15) is 17.9 Å². The summed E-state index contributed by atoms with van der Waals surface area (Å²) in [6.07, 6.45) is 1.40. The van der Waals surface area contributed by atoms with Gasteiger partial charge in [0, 0.05) is 6.07 Å². The predicted molar refractivity (Wildman–Crippen MR) is 81.9 cm³/mol. The summed E-state index contributed by atoms with van der Waals surface area (Å²) < 4.78 is 10.2.